The van der Waals surface area contributed by atoms with Crippen molar-refractivity contribution in [3.63, 3.8) is 0 Å². The molecule has 1 unspecified atom stereocenters. The first-order chi connectivity index (χ1) is 10.9. The number of hydrogen-bond donors (Lipinski definition) is 0. The zero-order valence-corrected chi connectivity index (χ0v) is 13.9. The van der Waals surface area contributed by atoms with Crippen LogP contribution in [0, 0.1) is 5.92 Å². The topological polar surface area (TPSA) is 0 Å². The maximum absolute atomic E-state index is 2.43. The Morgan fingerprint density at radius 1 is 0.864 bits per heavy atom. The number of fused-ring (bicyclic) bond motifs is 1. The smallest absolute Gasteiger partial charge is 0.0181 e. The van der Waals surface area contributed by atoms with E-state index in [1.807, 2.05) is 0 Å². The molecule has 0 aromatic heterocycles. The molecule has 0 heteroatoms. The highest BCUT2D eigenvalue weighted by Crippen LogP contribution is 2.32. The number of hydrogen-bond acceptors (Lipinski definition) is 0. The average molecular weight is 292 g/mol. The van der Waals surface area contributed by atoms with Crippen molar-refractivity contribution in [2.45, 2.75) is 58.3 Å². The summed E-state index contributed by atoms with van der Waals surface area (Å²) >= 11 is 0. The molecule has 2 aromatic rings. The van der Waals surface area contributed by atoms with Crippen molar-refractivity contribution in [3.05, 3.63) is 59.7 Å². The Morgan fingerprint density at radius 2 is 1.73 bits per heavy atom. The Kier molecular flexibility index (Phi) is 5.32. The van der Waals surface area contributed by atoms with Gasteiger partial charge in [0, 0.05) is 0 Å². The fraction of sp³-hybridized carbons (Fsp3) is 0.455. The molecule has 0 spiro atoms. The highest BCUT2D eigenvalue weighted by molar-refractivity contribution is 5.65. The molecular formula is C22H28. The van der Waals surface area contributed by atoms with Crippen LogP contribution in [0.3, 0.4) is 0 Å². The first-order valence-electron chi connectivity index (χ1n) is 9.04. The highest BCUT2D eigenvalue weighted by atomic mass is 14.2. The molecule has 3 rings (SSSR count). The minimum absolute atomic E-state index is 0.923. The molecule has 1 aliphatic carbocycles. The second-order valence-corrected chi connectivity index (χ2v) is 6.81. The van der Waals surface area contributed by atoms with E-state index in [2.05, 4.69) is 55.5 Å². The molecule has 0 N–H and O–H groups in total. The van der Waals surface area contributed by atoms with Crippen LogP contribution in [0.1, 0.15) is 56.6 Å². The van der Waals surface area contributed by atoms with Gasteiger partial charge in [0.2, 0.25) is 0 Å². The third kappa shape index (κ3) is 3.80. The van der Waals surface area contributed by atoms with Gasteiger partial charge in [-0.1, -0.05) is 87.6 Å². The third-order valence-electron chi connectivity index (χ3n) is 5.11. The molecular weight excluding hydrogens is 264 g/mol. The van der Waals surface area contributed by atoms with Crippen LogP contribution in [0.5, 0.6) is 0 Å². The van der Waals surface area contributed by atoms with Gasteiger partial charge < -0.3 is 0 Å². The second kappa shape index (κ2) is 7.63. The van der Waals surface area contributed by atoms with E-state index >= 15 is 0 Å². The van der Waals surface area contributed by atoms with Gasteiger partial charge in [-0.05, 0) is 47.4 Å². The van der Waals surface area contributed by atoms with Crippen LogP contribution < -0.4 is 0 Å². The van der Waals surface area contributed by atoms with Gasteiger partial charge in [-0.2, -0.15) is 0 Å². The quantitative estimate of drug-likeness (QED) is 0.538. The van der Waals surface area contributed by atoms with Crippen molar-refractivity contribution in [1.82, 2.24) is 0 Å². The van der Waals surface area contributed by atoms with E-state index in [-0.39, 0.29) is 0 Å². The van der Waals surface area contributed by atoms with Crippen LogP contribution in [0.2, 0.25) is 0 Å². The van der Waals surface area contributed by atoms with Crippen molar-refractivity contribution >= 4 is 0 Å². The van der Waals surface area contributed by atoms with E-state index in [0.29, 0.717) is 0 Å². The molecule has 0 amide bonds. The zero-order valence-electron chi connectivity index (χ0n) is 13.9. The fourth-order valence-electron chi connectivity index (χ4n) is 3.75. The van der Waals surface area contributed by atoms with E-state index in [1.165, 1.54) is 62.5 Å². The molecule has 0 saturated heterocycles. The lowest BCUT2D eigenvalue weighted by molar-refractivity contribution is 0.406. The van der Waals surface area contributed by atoms with Crippen LogP contribution in [-0.4, -0.2) is 0 Å². The van der Waals surface area contributed by atoms with E-state index in [9.17, 15) is 0 Å². The molecule has 0 heterocycles. The normalized spacial score (nSPS) is 17.2. The first kappa shape index (κ1) is 15.3. The van der Waals surface area contributed by atoms with Gasteiger partial charge in [0.05, 0.1) is 0 Å². The van der Waals surface area contributed by atoms with Gasteiger partial charge in [-0.25, -0.2) is 0 Å². The molecule has 116 valence electrons. The Balaban J connectivity index is 1.64. The lowest BCUT2D eigenvalue weighted by Gasteiger charge is -2.25. The van der Waals surface area contributed by atoms with Crippen LogP contribution in [-0.2, 0) is 12.8 Å². The standard InChI is InChI=1S/C22H28/c1-2-3-4-6-9-18-12-13-22-17-21(15-14-20(22)16-18)19-10-7-5-8-11-19/h5,7-8,10-11,14-15,17-18H,2-4,6,9,12-13,16H2,1H3. The van der Waals surface area contributed by atoms with Crippen molar-refractivity contribution in [1.29, 1.82) is 0 Å². The summed E-state index contributed by atoms with van der Waals surface area (Å²) in [5, 5.41) is 0. The van der Waals surface area contributed by atoms with Crippen LogP contribution in [0.4, 0.5) is 0 Å². The third-order valence-corrected chi connectivity index (χ3v) is 5.11. The number of aryl methyl sites for hydroxylation is 1. The average Bonchev–Trinajstić information content (AvgIpc) is 2.59. The number of rotatable bonds is 6. The predicted molar refractivity (Wildman–Crippen MR) is 96.2 cm³/mol. The summed E-state index contributed by atoms with van der Waals surface area (Å²) in [7, 11) is 0. The van der Waals surface area contributed by atoms with Gasteiger partial charge in [0.25, 0.3) is 0 Å². The second-order valence-electron chi connectivity index (χ2n) is 6.81. The lowest BCUT2D eigenvalue weighted by atomic mass is 9.80. The summed E-state index contributed by atoms with van der Waals surface area (Å²) in [6.45, 7) is 2.29. The summed E-state index contributed by atoms with van der Waals surface area (Å²) in [5.41, 5.74) is 5.91. The minimum Gasteiger partial charge on any atom is -0.0654 e. The summed E-state index contributed by atoms with van der Waals surface area (Å²) in [6.07, 6.45) is 11.0. The van der Waals surface area contributed by atoms with Crippen molar-refractivity contribution in [2.75, 3.05) is 0 Å². The van der Waals surface area contributed by atoms with Gasteiger partial charge in [0.1, 0.15) is 0 Å². The van der Waals surface area contributed by atoms with Gasteiger partial charge >= 0.3 is 0 Å². The summed E-state index contributed by atoms with van der Waals surface area (Å²) in [4.78, 5) is 0. The Morgan fingerprint density at radius 3 is 2.55 bits per heavy atom. The molecule has 0 radical (unpaired) electrons. The maximum atomic E-state index is 2.43. The van der Waals surface area contributed by atoms with E-state index in [4.69, 9.17) is 0 Å². The van der Waals surface area contributed by atoms with Crippen molar-refractivity contribution in [3.8, 4) is 11.1 Å². The molecule has 0 bridgehead atoms. The van der Waals surface area contributed by atoms with Gasteiger partial charge in [-0.15, -0.1) is 0 Å². The van der Waals surface area contributed by atoms with Crippen LogP contribution >= 0.6 is 0 Å². The lowest BCUT2D eigenvalue weighted by Crippen LogP contribution is -2.14. The Bertz CT molecular complexity index is 582. The number of unbranched alkanes of at least 4 members (excludes halogenated alkanes) is 3. The molecule has 1 atom stereocenters. The monoisotopic (exact) mass is 292 g/mol. The zero-order chi connectivity index (χ0) is 15.2. The van der Waals surface area contributed by atoms with Crippen LogP contribution in [0.15, 0.2) is 48.5 Å². The SMILES string of the molecule is CCCCCCC1CCc2cc(-c3ccccc3)ccc2C1. The predicted octanol–water partition coefficient (Wildman–Crippen LogP) is 6.43. The fourth-order valence-corrected chi connectivity index (χ4v) is 3.75. The summed E-state index contributed by atoms with van der Waals surface area (Å²) in [5.74, 6) is 0.923. The Hall–Kier alpha value is -1.56. The van der Waals surface area contributed by atoms with Gasteiger partial charge in [-0.3, -0.25) is 0 Å². The first-order valence-corrected chi connectivity index (χ1v) is 9.04. The maximum Gasteiger partial charge on any atom is -0.0181 e. The largest absolute Gasteiger partial charge is 0.0654 e. The van der Waals surface area contributed by atoms with E-state index in [0.717, 1.165) is 5.92 Å². The molecule has 1 aliphatic rings. The molecule has 22 heavy (non-hydrogen) atoms. The van der Waals surface area contributed by atoms with E-state index < -0.39 is 0 Å². The molecule has 2 aromatic carbocycles. The molecule has 0 nitrogen and oxygen atoms in total. The van der Waals surface area contributed by atoms with E-state index in [1.54, 1.807) is 11.1 Å². The number of benzene rings is 2. The molecule has 0 aliphatic heterocycles. The highest BCUT2D eigenvalue weighted by Gasteiger charge is 2.18. The van der Waals surface area contributed by atoms with Gasteiger partial charge in [0.15, 0.2) is 0 Å². The summed E-state index contributed by atoms with van der Waals surface area (Å²) in [6, 6.07) is 17.9. The minimum atomic E-state index is 0.923. The van der Waals surface area contributed by atoms with Crippen molar-refractivity contribution < 1.29 is 0 Å². The summed E-state index contributed by atoms with van der Waals surface area (Å²) < 4.78 is 0. The van der Waals surface area contributed by atoms with Crippen LogP contribution in [0.25, 0.3) is 11.1 Å². The molecule has 0 fully saturated rings. The molecule has 0 saturated carbocycles. The Labute approximate surface area is 135 Å². The van der Waals surface area contributed by atoms with Crippen molar-refractivity contribution in [2.24, 2.45) is 5.92 Å².